The largest absolute Gasteiger partial charge is 0.293 e. The van der Waals surface area contributed by atoms with Gasteiger partial charge in [-0.1, -0.05) is 37.7 Å². The van der Waals surface area contributed by atoms with Crippen molar-refractivity contribution < 1.29 is 13.6 Å². The molecule has 0 fully saturated rings. The third-order valence-corrected chi connectivity index (χ3v) is 4.92. The van der Waals surface area contributed by atoms with Crippen molar-refractivity contribution in [2.75, 3.05) is 5.75 Å². The summed E-state index contributed by atoms with van der Waals surface area (Å²) in [5, 5.41) is 0.956. The van der Waals surface area contributed by atoms with Gasteiger partial charge in [0.15, 0.2) is 22.6 Å². The highest BCUT2D eigenvalue weighted by Gasteiger charge is 2.16. The minimum absolute atomic E-state index is 0.0338. The van der Waals surface area contributed by atoms with Gasteiger partial charge in [-0.25, -0.2) is 13.8 Å². The van der Waals surface area contributed by atoms with E-state index < -0.39 is 11.6 Å². The van der Waals surface area contributed by atoms with E-state index in [2.05, 4.69) is 4.98 Å². The normalized spacial score (nSPS) is 11.3. The summed E-state index contributed by atoms with van der Waals surface area (Å²) in [7, 11) is 0. The van der Waals surface area contributed by atoms with Crippen LogP contribution < -0.4 is 5.56 Å². The van der Waals surface area contributed by atoms with E-state index in [0.29, 0.717) is 22.6 Å². The van der Waals surface area contributed by atoms with Crippen LogP contribution in [0.3, 0.4) is 0 Å². The van der Waals surface area contributed by atoms with Crippen LogP contribution in [0.25, 0.3) is 10.9 Å². The number of halogens is 2. The lowest BCUT2D eigenvalue weighted by Gasteiger charge is -2.14. The zero-order valence-electron chi connectivity index (χ0n) is 14.9. The Balaban J connectivity index is 1.92. The van der Waals surface area contributed by atoms with Crippen LogP contribution >= 0.6 is 11.8 Å². The lowest BCUT2D eigenvalue weighted by atomic mass is 10.1. The van der Waals surface area contributed by atoms with Crippen LogP contribution in [0.15, 0.2) is 52.4 Å². The van der Waals surface area contributed by atoms with Crippen molar-refractivity contribution in [2.45, 2.75) is 25.5 Å². The quantitative estimate of drug-likeness (QED) is 0.359. The Bertz CT molecular complexity index is 1060. The lowest BCUT2D eigenvalue weighted by molar-refractivity contribution is 0.102. The fraction of sp³-hybridized carbons (Fsp3) is 0.250. The maximum absolute atomic E-state index is 13.3. The molecule has 3 rings (SSSR count). The molecule has 27 heavy (non-hydrogen) atoms. The van der Waals surface area contributed by atoms with Crippen molar-refractivity contribution in [2.24, 2.45) is 5.92 Å². The molecule has 0 N–H and O–H groups in total. The summed E-state index contributed by atoms with van der Waals surface area (Å²) < 4.78 is 28.0. The lowest BCUT2D eigenvalue weighted by Crippen LogP contribution is -2.25. The van der Waals surface area contributed by atoms with Crippen LogP contribution in [0.1, 0.15) is 24.2 Å². The van der Waals surface area contributed by atoms with Crippen LogP contribution in [0.2, 0.25) is 0 Å². The average Bonchev–Trinajstić information content (AvgIpc) is 2.64. The van der Waals surface area contributed by atoms with Crippen LogP contribution in [0.4, 0.5) is 8.78 Å². The second kappa shape index (κ2) is 8.00. The zero-order chi connectivity index (χ0) is 19.6. The highest BCUT2D eigenvalue weighted by molar-refractivity contribution is 7.99. The number of aromatic nitrogens is 2. The molecule has 0 spiro atoms. The molecule has 1 heterocycles. The topological polar surface area (TPSA) is 52.0 Å². The minimum atomic E-state index is -1.06. The van der Waals surface area contributed by atoms with E-state index in [1.54, 1.807) is 28.8 Å². The van der Waals surface area contributed by atoms with E-state index in [0.717, 1.165) is 23.9 Å². The highest BCUT2D eigenvalue weighted by atomic mass is 32.2. The number of hydrogen-bond donors (Lipinski definition) is 0. The standard InChI is InChI=1S/C20H18F2N2O2S/c1-12(2)10-24-19(26)14-5-3-4-6-17(14)23-20(24)27-11-18(25)13-7-8-15(21)16(22)9-13/h3-9,12H,10-11H2,1-2H3. The van der Waals surface area contributed by atoms with Gasteiger partial charge in [-0.05, 0) is 36.2 Å². The van der Waals surface area contributed by atoms with Crippen LogP contribution in [0.5, 0.6) is 0 Å². The Morgan fingerprint density at radius 3 is 2.59 bits per heavy atom. The molecule has 0 aliphatic heterocycles. The Labute approximate surface area is 159 Å². The number of hydrogen-bond acceptors (Lipinski definition) is 4. The smallest absolute Gasteiger partial charge is 0.262 e. The first-order valence-electron chi connectivity index (χ1n) is 8.47. The molecule has 7 heteroatoms. The predicted molar refractivity (Wildman–Crippen MR) is 102 cm³/mol. The van der Waals surface area contributed by atoms with E-state index in [4.69, 9.17) is 0 Å². The minimum Gasteiger partial charge on any atom is -0.293 e. The van der Waals surface area contributed by atoms with E-state index in [1.165, 1.54) is 6.07 Å². The van der Waals surface area contributed by atoms with Gasteiger partial charge >= 0.3 is 0 Å². The molecule has 0 saturated heterocycles. The second-order valence-electron chi connectivity index (χ2n) is 6.56. The first kappa shape index (κ1) is 19.2. The molecule has 0 radical (unpaired) electrons. The van der Waals surface area contributed by atoms with Crippen LogP contribution in [-0.4, -0.2) is 21.1 Å². The number of ketones is 1. The zero-order valence-corrected chi connectivity index (χ0v) is 15.7. The SMILES string of the molecule is CC(C)Cn1c(SCC(=O)c2ccc(F)c(F)c2)nc2ccccc2c1=O. The van der Waals surface area contributed by atoms with Crippen LogP contribution in [0, 0.1) is 17.6 Å². The third-order valence-electron chi connectivity index (χ3n) is 3.95. The van der Waals surface area contributed by atoms with E-state index >= 15 is 0 Å². The monoisotopic (exact) mass is 388 g/mol. The molecule has 2 aromatic carbocycles. The molecule has 0 amide bonds. The van der Waals surface area contributed by atoms with Crippen molar-refractivity contribution in [3.05, 3.63) is 70.0 Å². The molecule has 1 aromatic heterocycles. The van der Waals surface area contributed by atoms with Gasteiger partial charge in [0.05, 0.1) is 16.7 Å². The molecular formula is C20H18F2N2O2S. The molecule has 0 unspecified atom stereocenters. The summed E-state index contributed by atoms with van der Waals surface area (Å²) in [5.41, 5.74) is 0.488. The number of nitrogens with zero attached hydrogens (tertiary/aromatic N) is 2. The number of Topliss-reactive ketones (excluding diaryl/α,β-unsaturated/α-hetero) is 1. The number of para-hydroxylation sites is 1. The van der Waals surface area contributed by atoms with Gasteiger partial charge in [0.25, 0.3) is 5.56 Å². The number of thioether (sulfide) groups is 1. The molecule has 0 atom stereocenters. The Morgan fingerprint density at radius 2 is 1.89 bits per heavy atom. The molecule has 3 aromatic rings. The number of carbonyl (C=O) groups is 1. The number of benzene rings is 2. The summed E-state index contributed by atoms with van der Waals surface area (Å²) >= 11 is 1.12. The van der Waals surface area contributed by atoms with Gasteiger partial charge in [0, 0.05) is 12.1 Å². The first-order chi connectivity index (χ1) is 12.9. The molecule has 0 aliphatic rings. The summed E-state index contributed by atoms with van der Waals surface area (Å²) in [5.74, 6) is -2.25. The van der Waals surface area contributed by atoms with Gasteiger partial charge in [-0.2, -0.15) is 0 Å². The van der Waals surface area contributed by atoms with Gasteiger partial charge in [0.2, 0.25) is 0 Å². The first-order valence-corrected chi connectivity index (χ1v) is 9.46. The average molecular weight is 388 g/mol. The van der Waals surface area contributed by atoms with Crippen molar-refractivity contribution >= 4 is 28.4 Å². The van der Waals surface area contributed by atoms with E-state index in [9.17, 15) is 18.4 Å². The molecule has 0 aliphatic carbocycles. The van der Waals surface area contributed by atoms with E-state index in [1.807, 2.05) is 13.8 Å². The maximum atomic E-state index is 13.3. The molecule has 0 saturated carbocycles. The van der Waals surface area contributed by atoms with Crippen molar-refractivity contribution in [1.82, 2.24) is 9.55 Å². The summed E-state index contributed by atoms with van der Waals surface area (Å²) in [4.78, 5) is 29.7. The summed E-state index contributed by atoms with van der Waals surface area (Å²) in [6, 6.07) is 10.1. The summed E-state index contributed by atoms with van der Waals surface area (Å²) in [6.07, 6.45) is 0. The van der Waals surface area contributed by atoms with Gasteiger partial charge < -0.3 is 0 Å². The Hall–Kier alpha value is -2.54. The number of carbonyl (C=O) groups excluding carboxylic acids is 1. The van der Waals surface area contributed by atoms with E-state index in [-0.39, 0.29) is 28.6 Å². The molecule has 0 bridgehead atoms. The Morgan fingerprint density at radius 1 is 1.15 bits per heavy atom. The number of rotatable bonds is 6. The fourth-order valence-electron chi connectivity index (χ4n) is 2.67. The van der Waals surface area contributed by atoms with Gasteiger partial charge in [0.1, 0.15) is 0 Å². The highest BCUT2D eigenvalue weighted by Crippen LogP contribution is 2.20. The van der Waals surface area contributed by atoms with Crippen LogP contribution in [-0.2, 0) is 6.54 Å². The molecule has 140 valence electrons. The Kier molecular flexibility index (Phi) is 5.70. The van der Waals surface area contributed by atoms with Crippen molar-refractivity contribution in [3.8, 4) is 0 Å². The predicted octanol–water partition coefficient (Wildman–Crippen LogP) is 4.31. The fourth-order valence-corrected chi connectivity index (χ4v) is 3.57. The van der Waals surface area contributed by atoms with Crippen molar-refractivity contribution in [3.63, 3.8) is 0 Å². The van der Waals surface area contributed by atoms with Gasteiger partial charge in [-0.3, -0.25) is 14.2 Å². The molecular weight excluding hydrogens is 370 g/mol. The van der Waals surface area contributed by atoms with Crippen molar-refractivity contribution in [1.29, 1.82) is 0 Å². The second-order valence-corrected chi connectivity index (χ2v) is 7.50. The number of fused-ring (bicyclic) bond motifs is 1. The van der Waals surface area contributed by atoms with Gasteiger partial charge in [-0.15, -0.1) is 0 Å². The summed E-state index contributed by atoms with van der Waals surface area (Å²) in [6.45, 7) is 4.45. The maximum Gasteiger partial charge on any atom is 0.262 e. The molecule has 4 nitrogen and oxygen atoms in total. The third kappa shape index (κ3) is 4.24.